The molecule has 0 heterocycles. The van der Waals surface area contributed by atoms with Crippen LogP contribution < -0.4 is 5.73 Å². The maximum absolute atomic E-state index is 6.49. The van der Waals surface area contributed by atoms with Crippen LogP contribution in [0.4, 0.5) is 0 Å². The Bertz CT molecular complexity index is 530. The molecule has 2 rings (SSSR count). The van der Waals surface area contributed by atoms with Crippen LogP contribution in [-0.2, 0) is 0 Å². The number of benzene rings is 2. The smallest absolute Gasteiger partial charge is 0.0329 e. The minimum atomic E-state index is 0.135. The van der Waals surface area contributed by atoms with E-state index < -0.39 is 0 Å². The van der Waals surface area contributed by atoms with E-state index in [9.17, 15) is 0 Å². The van der Waals surface area contributed by atoms with Gasteiger partial charge in [-0.2, -0.15) is 0 Å². The average Bonchev–Trinajstić information content (AvgIpc) is 2.38. The third-order valence-electron chi connectivity index (χ3n) is 3.88. The van der Waals surface area contributed by atoms with Crippen molar-refractivity contribution in [1.29, 1.82) is 0 Å². The van der Waals surface area contributed by atoms with Crippen molar-refractivity contribution in [2.45, 2.75) is 39.7 Å². The summed E-state index contributed by atoms with van der Waals surface area (Å²) in [5.41, 5.74) is 9.13. The average molecular weight is 241 g/mol. The minimum absolute atomic E-state index is 0.135. The van der Waals surface area contributed by atoms with Gasteiger partial charge in [-0.3, -0.25) is 0 Å². The van der Waals surface area contributed by atoms with Gasteiger partial charge in [0, 0.05) is 6.04 Å². The van der Waals surface area contributed by atoms with Gasteiger partial charge in [0.15, 0.2) is 0 Å². The molecule has 0 fully saturated rings. The van der Waals surface area contributed by atoms with Crippen LogP contribution >= 0.6 is 0 Å². The van der Waals surface area contributed by atoms with Crippen LogP contribution in [0.2, 0.25) is 0 Å². The van der Waals surface area contributed by atoms with E-state index in [0.29, 0.717) is 5.92 Å². The van der Waals surface area contributed by atoms with Gasteiger partial charge < -0.3 is 5.73 Å². The molecule has 2 atom stereocenters. The lowest BCUT2D eigenvalue weighted by Crippen LogP contribution is -2.20. The van der Waals surface area contributed by atoms with Crippen molar-refractivity contribution in [3.8, 4) is 0 Å². The lowest BCUT2D eigenvalue weighted by atomic mass is 9.86. The molecule has 2 unspecified atom stereocenters. The maximum Gasteiger partial charge on any atom is 0.0329 e. The third-order valence-corrected chi connectivity index (χ3v) is 3.88. The first-order valence-corrected chi connectivity index (χ1v) is 6.89. The Kier molecular flexibility index (Phi) is 4.03. The molecule has 1 heteroatoms. The second-order valence-electron chi connectivity index (χ2n) is 5.31. The summed E-state index contributed by atoms with van der Waals surface area (Å²) >= 11 is 0. The lowest BCUT2D eigenvalue weighted by molar-refractivity contribution is 0.434. The van der Waals surface area contributed by atoms with Gasteiger partial charge in [0.1, 0.15) is 0 Å². The molecule has 0 aliphatic carbocycles. The summed E-state index contributed by atoms with van der Waals surface area (Å²) in [5.74, 6) is 0.527. The highest BCUT2D eigenvalue weighted by atomic mass is 14.6. The number of nitrogens with two attached hydrogens (primary N) is 1. The molecule has 0 amide bonds. The number of hydrogen-bond donors (Lipinski definition) is 1. The summed E-state index contributed by atoms with van der Waals surface area (Å²) in [5, 5.41) is 2.60. The fourth-order valence-electron chi connectivity index (χ4n) is 2.77. The summed E-state index contributed by atoms with van der Waals surface area (Å²) in [6.07, 6.45) is 2.38. The van der Waals surface area contributed by atoms with Crippen molar-refractivity contribution >= 4 is 10.8 Å². The van der Waals surface area contributed by atoms with Crippen molar-refractivity contribution < 1.29 is 0 Å². The molecular weight excluding hydrogens is 218 g/mol. The molecule has 0 saturated heterocycles. The first-order chi connectivity index (χ1) is 8.65. The Balaban J connectivity index is 2.51. The highest BCUT2D eigenvalue weighted by Crippen LogP contribution is 2.31. The van der Waals surface area contributed by atoms with Gasteiger partial charge in [-0.25, -0.2) is 0 Å². The molecule has 0 aliphatic heterocycles. The van der Waals surface area contributed by atoms with Crippen molar-refractivity contribution in [3.63, 3.8) is 0 Å². The molecule has 0 radical (unpaired) electrons. The first-order valence-electron chi connectivity index (χ1n) is 6.89. The summed E-state index contributed by atoms with van der Waals surface area (Å²) in [6, 6.07) is 13.1. The molecule has 2 N–H and O–H groups in total. The van der Waals surface area contributed by atoms with E-state index >= 15 is 0 Å². The van der Waals surface area contributed by atoms with Crippen LogP contribution in [0.25, 0.3) is 10.8 Å². The van der Waals surface area contributed by atoms with E-state index in [2.05, 4.69) is 57.2 Å². The van der Waals surface area contributed by atoms with E-state index in [1.165, 1.54) is 34.7 Å². The van der Waals surface area contributed by atoms with Crippen molar-refractivity contribution in [2.75, 3.05) is 0 Å². The largest absolute Gasteiger partial charge is 0.324 e. The van der Waals surface area contributed by atoms with E-state index in [1.807, 2.05) is 0 Å². The van der Waals surface area contributed by atoms with E-state index in [0.717, 1.165) is 0 Å². The molecule has 0 saturated carbocycles. The molecule has 96 valence electrons. The number of aryl methyl sites for hydroxylation is 1. The molecule has 0 bridgehead atoms. The molecule has 18 heavy (non-hydrogen) atoms. The second-order valence-corrected chi connectivity index (χ2v) is 5.31. The van der Waals surface area contributed by atoms with E-state index in [1.54, 1.807) is 0 Å². The normalized spacial score (nSPS) is 14.7. The van der Waals surface area contributed by atoms with Crippen molar-refractivity contribution in [3.05, 3.63) is 47.5 Å². The highest BCUT2D eigenvalue weighted by Gasteiger charge is 2.18. The molecule has 0 aromatic heterocycles. The first kappa shape index (κ1) is 13.1. The third kappa shape index (κ3) is 2.41. The van der Waals surface area contributed by atoms with Gasteiger partial charge in [0.05, 0.1) is 0 Å². The number of rotatable bonds is 4. The second kappa shape index (κ2) is 5.53. The van der Waals surface area contributed by atoms with Crippen LogP contribution in [0.5, 0.6) is 0 Å². The van der Waals surface area contributed by atoms with Crippen LogP contribution in [-0.4, -0.2) is 0 Å². The van der Waals surface area contributed by atoms with Gasteiger partial charge in [-0.15, -0.1) is 0 Å². The van der Waals surface area contributed by atoms with Gasteiger partial charge in [-0.05, 0) is 41.2 Å². The van der Waals surface area contributed by atoms with Crippen LogP contribution in [0.1, 0.15) is 43.9 Å². The van der Waals surface area contributed by atoms with Crippen LogP contribution in [0.15, 0.2) is 36.4 Å². The summed E-state index contributed by atoms with van der Waals surface area (Å²) < 4.78 is 0. The van der Waals surface area contributed by atoms with Gasteiger partial charge in [0.25, 0.3) is 0 Å². The fourth-order valence-corrected chi connectivity index (χ4v) is 2.77. The summed E-state index contributed by atoms with van der Waals surface area (Å²) in [6.45, 7) is 6.65. The van der Waals surface area contributed by atoms with Crippen LogP contribution in [0.3, 0.4) is 0 Å². The quantitative estimate of drug-likeness (QED) is 0.832. The zero-order chi connectivity index (χ0) is 13.1. The van der Waals surface area contributed by atoms with Gasteiger partial charge >= 0.3 is 0 Å². The zero-order valence-corrected chi connectivity index (χ0v) is 11.6. The number of fused-ring (bicyclic) bond motifs is 1. The molecule has 2 aromatic rings. The lowest BCUT2D eigenvalue weighted by Gasteiger charge is -2.23. The Morgan fingerprint density at radius 2 is 1.83 bits per heavy atom. The Labute approximate surface area is 110 Å². The highest BCUT2D eigenvalue weighted by molar-refractivity contribution is 5.87. The molecular formula is C17H23N. The van der Waals surface area contributed by atoms with Crippen molar-refractivity contribution in [2.24, 2.45) is 11.7 Å². The Hall–Kier alpha value is -1.34. The topological polar surface area (TPSA) is 26.0 Å². The van der Waals surface area contributed by atoms with Gasteiger partial charge in [0.2, 0.25) is 0 Å². The van der Waals surface area contributed by atoms with Crippen molar-refractivity contribution in [1.82, 2.24) is 0 Å². The molecule has 0 aliphatic rings. The van der Waals surface area contributed by atoms with Crippen LogP contribution in [0, 0.1) is 12.8 Å². The molecule has 2 aromatic carbocycles. The predicted octanol–water partition coefficient (Wildman–Crippen LogP) is 4.58. The minimum Gasteiger partial charge on any atom is -0.324 e. The van der Waals surface area contributed by atoms with Gasteiger partial charge in [-0.1, -0.05) is 56.7 Å². The number of hydrogen-bond acceptors (Lipinski definition) is 1. The standard InChI is InChI=1S/C17H23N/c1-4-7-13(3)17(18)16-12(2)10-11-14-8-5-6-9-15(14)16/h5-6,8-11,13,17H,4,7,18H2,1-3H3. The molecule has 0 spiro atoms. The molecule has 1 nitrogen and oxygen atoms in total. The monoisotopic (exact) mass is 241 g/mol. The SMILES string of the molecule is CCCC(C)C(N)c1c(C)ccc2ccccc12. The fraction of sp³-hybridized carbons (Fsp3) is 0.412. The van der Waals surface area contributed by atoms with E-state index in [-0.39, 0.29) is 6.04 Å². The zero-order valence-electron chi connectivity index (χ0n) is 11.6. The Morgan fingerprint density at radius 3 is 2.56 bits per heavy atom. The predicted molar refractivity (Wildman–Crippen MR) is 79.7 cm³/mol. The van der Waals surface area contributed by atoms with E-state index in [4.69, 9.17) is 5.73 Å². The maximum atomic E-state index is 6.49. The summed E-state index contributed by atoms with van der Waals surface area (Å²) in [7, 11) is 0. The summed E-state index contributed by atoms with van der Waals surface area (Å²) in [4.78, 5) is 0. The Morgan fingerprint density at radius 1 is 1.11 bits per heavy atom.